The molecule has 0 fully saturated rings. The van der Waals surface area contributed by atoms with Gasteiger partial charge in [-0.25, -0.2) is 4.79 Å². The highest BCUT2D eigenvalue weighted by Gasteiger charge is 2.21. The number of aromatic nitrogens is 3. The van der Waals surface area contributed by atoms with Gasteiger partial charge in [-0.2, -0.15) is 0 Å². The van der Waals surface area contributed by atoms with Gasteiger partial charge in [0, 0.05) is 11.4 Å². The quantitative estimate of drug-likeness (QED) is 0.337. The van der Waals surface area contributed by atoms with Gasteiger partial charge in [0.05, 0.1) is 18.4 Å². The van der Waals surface area contributed by atoms with E-state index in [1.807, 2.05) is 51.3 Å². The van der Waals surface area contributed by atoms with Crippen molar-refractivity contribution in [1.29, 1.82) is 0 Å². The number of amides is 1. The summed E-state index contributed by atoms with van der Waals surface area (Å²) in [5.74, 6) is 0.893. The number of benzene rings is 1. The van der Waals surface area contributed by atoms with Crippen LogP contribution >= 0.6 is 23.1 Å². The van der Waals surface area contributed by atoms with Crippen LogP contribution in [0.2, 0.25) is 0 Å². The van der Waals surface area contributed by atoms with Gasteiger partial charge in [-0.05, 0) is 63.9 Å². The van der Waals surface area contributed by atoms with Crippen molar-refractivity contribution in [3.05, 3.63) is 51.7 Å². The molecule has 0 spiro atoms. The van der Waals surface area contributed by atoms with Crippen LogP contribution < -0.4 is 10.1 Å². The SMILES string of the molecule is CCn1c(SCC(=O)Nc2sc(C)cc2C(=O)OC)nnc1C(C)Oc1cc(C)cc(C)c1. The lowest BCUT2D eigenvalue weighted by atomic mass is 10.1. The summed E-state index contributed by atoms with van der Waals surface area (Å²) in [4.78, 5) is 25.4. The molecule has 3 rings (SSSR count). The number of hydrogen-bond donors (Lipinski definition) is 1. The second kappa shape index (κ2) is 10.8. The van der Waals surface area contributed by atoms with Crippen molar-refractivity contribution >= 4 is 40.0 Å². The van der Waals surface area contributed by atoms with E-state index in [0.29, 0.717) is 28.1 Å². The van der Waals surface area contributed by atoms with E-state index in [2.05, 4.69) is 21.6 Å². The Balaban J connectivity index is 1.66. The highest BCUT2D eigenvalue weighted by molar-refractivity contribution is 7.99. The van der Waals surface area contributed by atoms with Gasteiger partial charge in [-0.1, -0.05) is 17.8 Å². The van der Waals surface area contributed by atoms with Crippen LogP contribution in [0, 0.1) is 20.8 Å². The van der Waals surface area contributed by atoms with Gasteiger partial charge in [-0.15, -0.1) is 21.5 Å². The zero-order chi connectivity index (χ0) is 24.1. The molecule has 33 heavy (non-hydrogen) atoms. The summed E-state index contributed by atoms with van der Waals surface area (Å²) in [6.07, 6.45) is -0.307. The second-order valence-electron chi connectivity index (χ2n) is 7.60. The van der Waals surface area contributed by atoms with Crippen LogP contribution in [0.25, 0.3) is 0 Å². The summed E-state index contributed by atoms with van der Waals surface area (Å²) in [6, 6.07) is 7.78. The predicted molar refractivity (Wildman–Crippen MR) is 130 cm³/mol. The third-order valence-electron chi connectivity index (χ3n) is 4.78. The van der Waals surface area contributed by atoms with Gasteiger partial charge in [-0.3, -0.25) is 4.79 Å². The number of anilines is 1. The molecule has 10 heteroatoms. The monoisotopic (exact) mass is 488 g/mol. The first kappa shape index (κ1) is 24.8. The van der Waals surface area contributed by atoms with E-state index >= 15 is 0 Å². The Morgan fingerprint density at radius 2 is 1.85 bits per heavy atom. The lowest BCUT2D eigenvalue weighted by molar-refractivity contribution is -0.113. The number of thioether (sulfide) groups is 1. The highest BCUT2D eigenvalue weighted by atomic mass is 32.2. The summed E-state index contributed by atoms with van der Waals surface area (Å²) < 4.78 is 12.9. The maximum absolute atomic E-state index is 12.5. The Hall–Kier alpha value is -2.85. The Labute approximate surface area is 201 Å². The molecule has 1 atom stereocenters. The van der Waals surface area contributed by atoms with Crippen LogP contribution in [0.15, 0.2) is 29.4 Å². The number of nitrogens with one attached hydrogen (secondary N) is 1. The number of carbonyl (C=O) groups is 2. The van der Waals surface area contributed by atoms with Crippen molar-refractivity contribution in [2.45, 2.75) is 52.4 Å². The molecule has 0 radical (unpaired) electrons. The molecule has 3 aromatic rings. The van der Waals surface area contributed by atoms with Crippen LogP contribution in [-0.2, 0) is 16.1 Å². The van der Waals surface area contributed by atoms with Crippen molar-refractivity contribution < 1.29 is 19.1 Å². The number of methoxy groups -OCH3 is 1. The number of nitrogens with zero attached hydrogens (tertiary/aromatic N) is 3. The van der Waals surface area contributed by atoms with E-state index in [-0.39, 0.29) is 17.8 Å². The van der Waals surface area contributed by atoms with Gasteiger partial charge in [0.2, 0.25) is 5.91 Å². The van der Waals surface area contributed by atoms with E-state index in [1.54, 1.807) is 6.07 Å². The smallest absolute Gasteiger partial charge is 0.340 e. The minimum atomic E-state index is -0.476. The average molecular weight is 489 g/mol. The average Bonchev–Trinajstić information content (AvgIpc) is 3.33. The third kappa shape index (κ3) is 6.14. The fourth-order valence-electron chi connectivity index (χ4n) is 3.42. The fourth-order valence-corrected chi connectivity index (χ4v) is 5.15. The number of rotatable bonds is 9. The van der Waals surface area contributed by atoms with Crippen LogP contribution in [0.1, 0.15) is 52.1 Å². The van der Waals surface area contributed by atoms with Gasteiger partial charge in [0.25, 0.3) is 0 Å². The molecule has 1 amide bonds. The summed E-state index contributed by atoms with van der Waals surface area (Å²) in [5.41, 5.74) is 2.62. The Morgan fingerprint density at radius 3 is 2.48 bits per heavy atom. The number of ether oxygens (including phenoxy) is 2. The van der Waals surface area contributed by atoms with Crippen molar-refractivity contribution in [3.8, 4) is 5.75 Å². The molecule has 8 nitrogen and oxygen atoms in total. The Kier molecular flexibility index (Phi) is 8.15. The summed E-state index contributed by atoms with van der Waals surface area (Å²) >= 11 is 2.62. The van der Waals surface area contributed by atoms with Crippen molar-refractivity contribution in [3.63, 3.8) is 0 Å². The van der Waals surface area contributed by atoms with Crippen LogP contribution in [0.3, 0.4) is 0 Å². The number of aryl methyl sites for hydroxylation is 3. The topological polar surface area (TPSA) is 95.3 Å². The molecule has 1 aromatic carbocycles. The number of carbonyl (C=O) groups excluding carboxylic acids is 2. The molecule has 0 aliphatic rings. The summed E-state index contributed by atoms with van der Waals surface area (Å²) in [7, 11) is 1.32. The van der Waals surface area contributed by atoms with Crippen molar-refractivity contribution in [2.75, 3.05) is 18.2 Å². The van der Waals surface area contributed by atoms with E-state index in [9.17, 15) is 9.59 Å². The fraction of sp³-hybridized carbons (Fsp3) is 0.391. The highest BCUT2D eigenvalue weighted by Crippen LogP contribution is 2.29. The van der Waals surface area contributed by atoms with E-state index in [1.165, 1.54) is 30.2 Å². The second-order valence-corrected chi connectivity index (χ2v) is 9.80. The van der Waals surface area contributed by atoms with E-state index in [4.69, 9.17) is 9.47 Å². The molecule has 2 heterocycles. The zero-order valence-corrected chi connectivity index (χ0v) is 21.2. The molecular weight excluding hydrogens is 460 g/mol. The van der Waals surface area contributed by atoms with Crippen molar-refractivity contribution in [1.82, 2.24) is 14.8 Å². The van der Waals surface area contributed by atoms with E-state index < -0.39 is 5.97 Å². The lowest BCUT2D eigenvalue weighted by Gasteiger charge is -2.16. The summed E-state index contributed by atoms with van der Waals surface area (Å²) in [5, 5.41) is 12.5. The zero-order valence-electron chi connectivity index (χ0n) is 19.6. The van der Waals surface area contributed by atoms with Crippen LogP contribution in [-0.4, -0.2) is 39.5 Å². The molecule has 0 saturated carbocycles. The maximum Gasteiger partial charge on any atom is 0.340 e. The van der Waals surface area contributed by atoms with Crippen LogP contribution in [0.4, 0.5) is 5.00 Å². The van der Waals surface area contributed by atoms with E-state index in [0.717, 1.165) is 21.8 Å². The minimum Gasteiger partial charge on any atom is -0.483 e. The largest absolute Gasteiger partial charge is 0.483 e. The molecule has 1 unspecified atom stereocenters. The summed E-state index contributed by atoms with van der Waals surface area (Å²) in [6.45, 7) is 10.5. The number of hydrogen-bond acceptors (Lipinski definition) is 8. The molecule has 2 aromatic heterocycles. The van der Waals surface area contributed by atoms with Crippen molar-refractivity contribution in [2.24, 2.45) is 0 Å². The third-order valence-corrected chi connectivity index (χ3v) is 6.71. The van der Waals surface area contributed by atoms with Gasteiger partial charge < -0.3 is 19.4 Å². The minimum absolute atomic E-state index is 0.127. The normalized spacial score (nSPS) is 11.8. The molecule has 0 bridgehead atoms. The van der Waals surface area contributed by atoms with Crippen LogP contribution in [0.5, 0.6) is 5.75 Å². The predicted octanol–water partition coefficient (Wildman–Crippen LogP) is 4.94. The molecule has 0 saturated heterocycles. The van der Waals surface area contributed by atoms with Gasteiger partial charge in [0.1, 0.15) is 10.8 Å². The Morgan fingerprint density at radius 1 is 1.15 bits per heavy atom. The Bertz CT molecular complexity index is 1140. The molecule has 0 aliphatic carbocycles. The molecular formula is C23H28N4O4S2. The number of esters is 1. The first-order valence-corrected chi connectivity index (χ1v) is 12.3. The first-order valence-electron chi connectivity index (χ1n) is 10.5. The van der Waals surface area contributed by atoms with Gasteiger partial charge in [0.15, 0.2) is 17.1 Å². The molecule has 0 aliphatic heterocycles. The standard InChI is InChI=1S/C23H28N4O4S2/c1-7-27-20(16(5)31-17-9-13(2)8-14(3)10-17)25-26-23(27)32-12-19(28)24-21-18(22(29)30-6)11-15(4)33-21/h8-11,16H,7,12H2,1-6H3,(H,24,28). The molecule has 1 N–H and O–H groups in total. The lowest BCUT2D eigenvalue weighted by Crippen LogP contribution is -2.16. The van der Waals surface area contributed by atoms with Gasteiger partial charge >= 0.3 is 5.97 Å². The maximum atomic E-state index is 12.5. The number of thiophene rings is 1. The molecule has 176 valence electrons. The first-order chi connectivity index (χ1) is 15.7.